The average molecular weight is 365 g/mol. The molecule has 24 heavy (non-hydrogen) atoms. The van der Waals surface area contributed by atoms with Gasteiger partial charge in [-0.1, -0.05) is 17.7 Å². The Balaban J connectivity index is 1.81. The van der Waals surface area contributed by atoms with Gasteiger partial charge in [0.15, 0.2) is 0 Å². The van der Waals surface area contributed by atoms with Crippen molar-refractivity contribution in [3.05, 3.63) is 53.1 Å². The topological polar surface area (TPSA) is 66.5 Å². The van der Waals surface area contributed by atoms with E-state index < -0.39 is 10.0 Å². The number of carbonyl (C=O) groups excluding carboxylic acids is 1. The fourth-order valence-corrected chi connectivity index (χ4v) is 3.83. The van der Waals surface area contributed by atoms with E-state index in [0.717, 1.165) is 17.7 Å². The first-order valence-corrected chi connectivity index (χ1v) is 9.42. The van der Waals surface area contributed by atoms with Gasteiger partial charge in [0.25, 0.3) is 10.0 Å². The monoisotopic (exact) mass is 364 g/mol. The van der Waals surface area contributed by atoms with Gasteiger partial charge in [0.2, 0.25) is 5.91 Å². The lowest BCUT2D eigenvalue weighted by Gasteiger charge is -2.16. The Labute approximate surface area is 146 Å². The first-order valence-electron chi connectivity index (χ1n) is 7.56. The van der Waals surface area contributed by atoms with Gasteiger partial charge in [-0.3, -0.25) is 9.52 Å². The van der Waals surface area contributed by atoms with E-state index in [-0.39, 0.29) is 10.8 Å². The molecule has 0 unspecified atom stereocenters. The molecule has 126 valence electrons. The van der Waals surface area contributed by atoms with Crippen molar-refractivity contribution in [3.8, 4) is 0 Å². The summed E-state index contributed by atoms with van der Waals surface area (Å²) in [6, 6.07) is 11.3. The molecule has 0 atom stereocenters. The van der Waals surface area contributed by atoms with Crippen molar-refractivity contribution < 1.29 is 13.2 Å². The first-order chi connectivity index (χ1) is 11.4. The number of hydrogen-bond acceptors (Lipinski definition) is 3. The number of amides is 1. The van der Waals surface area contributed by atoms with Gasteiger partial charge < -0.3 is 4.90 Å². The highest BCUT2D eigenvalue weighted by atomic mass is 35.5. The maximum absolute atomic E-state index is 12.5. The third-order valence-corrected chi connectivity index (χ3v) is 5.76. The molecule has 5 nitrogen and oxygen atoms in total. The van der Waals surface area contributed by atoms with E-state index >= 15 is 0 Å². The van der Waals surface area contributed by atoms with E-state index in [4.69, 9.17) is 11.6 Å². The second kappa shape index (κ2) is 6.45. The maximum atomic E-state index is 12.5. The van der Waals surface area contributed by atoms with Crippen molar-refractivity contribution in [2.24, 2.45) is 0 Å². The fourth-order valence-electron chi connectivity index (χ4n) is 2.60. The third kappa shape index (κ3) is 3.39. The van der Waals surface area contributed by atoms with Crippen LogP contribution >= 0.6 is 11.6 Å². The molecular weight excluding hydrogens is 348 g/mol. The molecule has 1 N–H and O–H groups in total. The summed E-state index contributed by atoms with van der Waals surface area (Å²) in [5.74, 6) is 0.0676. The molecule has 7 heteroatoms. The molecule has 2 aromatic carbocycles. The van der Waals surface area contributed by atoms with Crippen molar-refractivity contribution in [3.63, 3.8) is 0 Å². The van der Waals surface area contributed by atoms with Crippen molar-refractivity contribution in [1.82, 2.24) is 0 Å². The van der Waals surface area contributed by atoms with Gasteiger partial charge >= 0.3 is 0 Å². The minimum atomic E-state index is -3.71. The van der Waals surface area contributed by atoms with Crippen LogP contribution in [0.3, 0.4) is 0 Å². The zero-order valence-corrected chi connectivity index (χ0v) is 14.7. The number of sulfonamides is 1. The number of nitrogens with one attached hydrogen (secondary N) is 1. The van der Waals surface area contributed by atoms with E-state index in [1.165, 1.54) is 12.1 Å². The van der Waals surface area contributed by atoms with Gasteiger partial charge in [-0.2, -0.15) is 0 Å². The molecule has 3 rings (SSSR count). The largest absolute Gasteiger partial charge is 0.312 e. The highest BCUT2D eigenvalue weighted by Crippen LogP contribution is 2.25. The fraction of sp³-hybridized carbons (Fsp3) is 0.235. The van der Waals surface area contributed by atoms with Crippen LogP contribution in [0.25, 0.3) is 0 Å². The van der Waals surface area contributed by atoms with Crippen LogP contribution in [0, 0.1) is 6.92 Å². The average Bonchev–Trinajstić information content (AvgIpc) is 2.97. The van der Waals surface area contributed by atoms with Crippen molar-refractivity contribution in [1.29, 1.82) is 0 Å². The molecule has 0 bridgehead atoms. The van der Waals surface area contributed by atoms with Gasteiger partial charge in [-0.25, -0.2) is 8.42 Å². The predicted octanol–water partition coefficient (Wildman–Crippen LogP) is 3.58. The van der Waals surface area contributed by atoms with Crippen LogP contribution in [0.1, 0.15) is 18.4 Å². The summed E-state index contributed by atoms with van der Waals surface area (Å²) in [5.41, 5.74) is 2.00. The molecule has 1 saturated heterocycles. The Kier molecular flexibility index (Phi) is 4.51. The SMILES string of the molecule is Cc1ccc(NS(=O)(=O)c2ccc(N3CCCC3=O)cc2)cc1Cl. The van der Waals surface area contributed by atoms with E-state index in [2.05, 4.69) is 4.72 Å². The van der Waals surface area contributed by atoms with Crippen molar-refractivity contribution in [2.45, 2.75) is 24.7 Å². The van der Waals surface area contributed by atoms with Crippen LogP contribution in [-0.2, 0) is 14.8 Å². The quantitative estimate of drug-likeness (QED) is 0.901. The smallest absolute Gasteiger partial charge is 0.261 e. The maximum Gasteiger partial charge on any atom is 0.261 e. The van der Waals surface area contributed by atoms with E-state index in [9.17, 15) is 13.2 Å². The molecule has 0 spiro atoms. The Morgan fingerprint density at radius 2 is 1.83 bits per heavy atom. The van der Waals surface area contributed by atoms with Gasteiger partial charge in [0.05, 0.1) is 10.6 Å². The second-order valence-electron chi connectivity index (χ2n) is 5.71. The lowest BCUT2D eigenvalue weighted by molar-refractivity contribution is -0.117. The summed E-state index contributed by atoms with van der Waals surface area (Å²) >= 11 is 6.02. The molecule has 0 aromatic heterocycles. The molecule has 0 aliphatic carbocycles. The number of anilines is 2. The summed E-state index contributed by atoms with van der Waals surface area (Å²) in [7, 11) is -3.71. The summed E-state index contributed by atoms with van der Waals surface area (Å²) in [4.78, 5) is 13.5. The number of rotatable bonds is 4. The number of hydrogen-bond donors (Lipinski definition) is 1. The van der Waals surface area contributed by atoms with E-state index in [0.29, 0.717) is 23.7 Å². The molecule has 1 aliphatic rings. The normalized spacial score (nSPS) is 14.9. The third-order valence-electron chi connectivity index (χ3n) is 3.96. The second-order valence-corrected chi connectivity index (χ2v) is 7.80. The van der Waals surface area contributed by atoms with Gasteiger partial charge in [-0.15, -0.1) is 0 Å². The molecular formula is C17H17ClN2O3S. The van der Waals surface area contributed by atoms with Crippen LogP contribution in [0.2, 0.25) is 5.02 Å². The van der Waals surface area contributed by atoms with Crippen LogP contribution in [0.15, 0.2) is 47.4 Å². The number of carbonyl (C=O) groups is 1. The number of aryl methyl sites for hydroxylation is 1. The minimum absolute atomic E-state index is 0.0676. The summed E-state index contributed by atoms with van der Waals surface area (Å²) in [6.07, 6.45) is 1.37. The molecule has 0 saturated carbocycles. The van der Waals surface area contributed by atoms with Crippen LogP contribution in [-0.4, -0.2) is 20.9 Å². The highest BCUT2D eigenvalue weighted by molar-refractivity contribution is 7.92. The standard InChI is InChI=1S/C17H17ClN2O3S/c1-12-4-5-13(11-16(12)18)19-24(22,23)15-8-6-14(7-9-15)20-10-2-3-17(20)21/h4-9,11,19H,2-3,10H2,1H3. The van der Waals surface area contributed by atoms with Crippen LogP contribution < -0.4 is 9.62 Å². The lowest BCUT2D eigenvalue weighted by atomic mass is 10.2. The summed E-state index contributed by atoms with van der Waals surface area (Å²) in [5, 5.41) is 0.498. The number of benzene rings is 2. The molecule has 0 radical (unpaired) electrons. The van der Waals surface area contributed by atoms with Crippen molar-refractivity contribution in [2.75, 3.05) is 16.2 Å². The van der Waals surface area contributed by atoms with E-state index in [1.54, 1.807) is 35.2 Å². The Morgan fingerprint density at radius 1 is 1.12 bits per heavy atom. The lowest BCUT2D eigenvalue weighted by Crippen LogP contribution is -2.23. The molecule has 1 heterocycles. The van der Waals surface area contributed by atoms with Crippen LogP contribution in [0.4, 0.5) is 11.4 Å². The van der Waals surface area contributed by atoms with Crippen molar-refractivity contribution >= 4 is 38.9 Å². The molecule has 1 amide bonds. The summed E-state index contributed by atoms with van der Waals surface area (Å²) in [6.45, 7) is 2.52. The summed E-state index contributed by atoms with van der Waals surface area (Å²) < 4.78 is 27.4. The zero-order valence-electron chi connectivity index (χ0n) is 13.1. The minimum Gasteiger partial charge on any atom is -0.312 e. The van der Waals surface area contributed by atoms with Gasteiger partial charge in [-0.05, 0) is 55.3 Å². The first kappa shape index (κ1) is 16.8. The zero-order chi connectivity index (χ0) is 17.3. The van der Waals surface area contributed by atoms with Gasteiger partial charge in [0.1, 0.15) is 0 Å². The Morgan fingerprint density at radius 3 is 2.42 bits per heavy atom. The Bertz CT molecular complexity index is 879. The predicted molar refractivity (Wildman–Crippen MR) is 95.0 cm³/mol. The number of nitrogens with zero attached hydrogens (tertiary/aromatic N) is 1. The number of halogens is 1. The van der Waals surface area contributed by atoms with Crippen LogP contribution in [0.5, 0.6) is 0 Å². The molecule has 2 aromatic rings. The molecule has 1 aliphatic heterocycles. The van der Waals surface area contributed by atoms with Gasteiger partial charge in [0, 0.05) is 23.7 Å². The Hall–Kier alpha value is -2.05. The molecule has 1 fully saturated rings. The highest BCUT2D eigenvalue weighted by Gasteiger charge is 2.22. The van der Waals surface area contributed by atoms with E-state index in [1.807, 2.05) is 6.92 Å².